The first-order valence-electron chi connectivity index (χ1n) is 10.7. The number of aromatic nitrogens is 3. The van der Waals surface area contributed by atoms with Crippen LogP contribution < -0.4 is 16.6 Å². The molecule has 8 nitrogen and oxygen atoms in total. The molecule has 0 bridgehead atoms. The van der Waals surface area contributed by atoms with Gasteiger partial charge < -0.3 is 10.1 Å². The quantitative estimate of drug-likeness (QED) is 0.640. The van der Waals surface area contributed by atoms with Crippen molar-refractivity contribution in [1.29, 1.82) is 0 Å². The highest BCUT2D eigenvalue weighted by atomic mass is 16.5. The van der Waals surface area contributed by atoms with Crippen molar-refractivity contribution in [3.8, 4) is 5.69 Å². The van der Waals surface area contributed by atoms with Crippen LogP contribution in [0.1, 0.15) is 40.0 Å². The number of benzene rings is 2. The summed E-state index contributed by atoms with van der Waals surface area (Å²) in [6.45, 7) is 4.87. The Morgan fingerprint density at radius 1 is 1.12 bits per heavy atom. The van der Waals surface area contributed by atoms with E-state index in [0.29, 0.717) is 18.8 Å². The van der Waals surface area contributed by atoms with E-state index >= 15 is 0 Å². The zero-order valence-corrected chi connectivity index (χ0v) is 18.2. The van der Waals surface area contributed by atoms with Crippen LogP contribution in [0.2, 0.25) is 0 Å². The number of hydrogen-bond acceptors (Lipinski definition) is 5. The van der Waals surface area contributed by atoms with Crippen molar-refractivity contribution in [2.75, 3.05) is 13.2 Å². The number of nitrogens with zero attached hydrogens (tertiary/aromatic N) is 3. The first-order valence-corrected chi connectivity index (χ1v) is 10.7. The number of rotatable bonds is 6. The fourth-order valence-electron chi connectivity index (χ4n) is 3.74. The van der Waals surface area contributed by atoms with E-state index in [0.717, 1.165) is 38.8 Å². The van der Waals surface area contributed by atoms with Gasteiger partial charge in [-0.25, -0.2) is 4.79 Å². The van der Waals surface area contributed by atoms with Crippen LogP contribution >= 0.6 is 0 Å². The lowest BCUT2D eigenvalue weighted by Crippen LogP contribution is -2.46. The minimum atomic E-state index is -0.718. The third-order valence-corrected chi connectivity index (χ3v) is 5.49. The molecular formula is C24H26N4O4. The lowest BCUT2D eigenvalue weighted by molar-refractivity contribution is 0.0849. The zero-order valence-electron chi connectivity index (χ0n) is 18.2. The van der Waals surface area contributed by atoms with Crippen LogP contribution in [-0.2, 0) is 11.3 Å². The number of carbonyl (C=O) groups excluding carboxylic acids is 1. The molecule has 166 valence electrons. The standard InChI is InChI=1S/C24H26N4O4/c1-16-8-10-19(11-9-16)28-24(31)27(15-18-6-3-5-17(2)13-18)23(30)21(26-28)22(29)25-14-20-7-4-12-32-20/h3,5-6,8-11,13,20H,4,7,12,14-15H2,1-2H3,(H,25,29)/t20-/m0/s1. The summed E-state index contributed by atoms with van der Waals surface area (Å²) in [4.78, 5) is 39.2. The molecule has 0 aliphatic carbocycles. The Labute approximate surface area is 185 Å². The molecule has 2 heterocycles. The highest BCUT2D eigenvalue weighted by Gasteiger charge is 2.22. The van der Waals surface area contributed by atoms with Gasteiger partial charge in [0.2, 0.25) is 5.69 Å². The number of carbonyl (C=O) groups is 1. The molecule has 0 spiro atoms. The van der Waals surface area contributed by atoms with E-state index in [-0.39, 0.29) is 18.3 Å². The molecule has 0 radical (unpaired) electrons. The van der Waals surface area contributed by atoms with Gasteiger partial charge in [-0.1, -0.05) is 47.5 Å². The van der Waals surface area contributed by atoms with Crippen molar-refractivity contribution in [2.45, 2.75) is 39.3 Å². The molecule has 1 fully saturated rings. The molecule has 1 atom stereocenters. The molecule has 1 saturated heterocycles. The van der Waals surface area contributed by atoms with E-state index in [1.807, 2.05) is 50.2 Å². The minimum absolute atomic E-state index is 0.0414. The molecule has 2 aromatic carbocycles. The number of aryl methyl sites for hydroxylation is 2. The van der Waals surface area contributed by atoms with Gasteiger partial charge in [0.05, 0.1) is 18.3 Å². The Hall–Kier alpha value is -3.52. The Bertz CT molecular complexity index is 1240. The first-order chi connectivity index (χ1) is 15.4. The van der Waals surface area contributed by atoms with Crippen LogP contribution in [0.15, 0.2) is 58.1 Å². The van der Waals surface area contributed by atoms with Gasteiger partial charge >= 0.3 is 5.69 Å². The van der Waals surface area contributed by atoms with Crippen molar-refractivity contribution in [2.24, 2.45) is 0 Å². The number of hydrogen-bond donors (Lipinski definition) is 1. The maximum Gasteiger partial charge on any atom is 0.352 e. The first kappa shape index (κ1) is 21.7. The summed E-state index contributed by atoms with van der Waals surface area (Å²) in [7, 11) is 0. The Morgan fingerprint density at radius 2 is 1.91 bits per heavy atom. The van der Waals surface area contributed by atoms with Crippen LogP contribution in [0.25, 0.3) is 5.69 Å². The molecule has 32 heavy (non-hydrogen) atoms. The molecule has 0 unspecified atom stereocenters. The minimum Gasteiger partial charge on any atom is -0.376 e. The lowest BCUT2D eigenvalue weighted by atomic mass is 10.1. The van der Waals surface area contributed by atoms with Crippen molar-refractivity contribution in [3.63, 3.8) is 0 Å². The Morgan fingerprint density at radius 3 is 2.59 bits per heavy atom. The molecule has 1 amide bonds. The summed E-state index contributed by atoms with van der Waals surface area (Å²) in [6.07, 6.45) is 1.73. The van der Waals surface area contributed by atoms with Crippen LogP contribution in [0.5, 0.6) is 0 Å². The van der Waals surface area contributed by atoms with Crippen LogP contribution in [0.4, 0.5) is 0 Å². The van der Waals surface area contributed by atoms with Gasteiger partial charge in [-0.05, 0) is 44.4 Å². The van der Waals surface area contributed by atoms with Crippen LogP contribution in [0, 0.1) is 13.8 Å². The van der Waals surface area contributed by atoms with E-state index in [4.69, 9.17) is 4.74 Å². The maximum atomic E-state index is 13.2. The van der Waals surface area contributed by atoms with E-state index in [1.165, 1.54) is 0 Å². The van der Waals surface area contributed by atoms with E-state index in [1.54, 1.807) is 12.1 Å². The van der Waals surface area contributed by atoms with Crippen molar-refractivity contribution < 1.29 is 9.53 Å². The highest BCUT2D eigenvalue weighted by molar-refractivity contribution is 5.91. The summed E-state index contributed by atoms with van der Waals surface area (Å²) in [5, 5.41) is 6.89. The third kappa shape index (κ3) is 4.70. The van der Waals surface area contributed by atoms with Gasteiger partial charge in [0.25, 0.3) is 11.5 Å². The lowest BCUT2D eigenvalue weighted by Gasteiger charge is -2.14. The normalized spacial score (nSPS) is 15.6. The van der Waals surface area contributed by atoms with Gasteiger partial charge in [0.15, 0.2) is 0 Å². The summed E-state index contributed by atoms with van der Waals surface area (Å²) >= 11 is 0. The topological polar surface area (TPSA) is 95.2 Å². The number of amides is 1. The smallest absolute Gasteiger partial charge is 0.352 e. The second-order valence-corrected chi connectivity index (χ2v) is 8.10. The molecule has 0 saturated carbocycles. The summed E-state index contributed by atoms with van der Waals surface area (Å²) in [5.74, 6) is -0.621. The van der Waals surface area contributed by atoms with Crippen molar-refractivity contribution in [3.05, 3.63) is 91.8 Å². The molecule has 3 aromatic rings. The SMILES string of the molecule is Cc1ccc(-n2nc(C(=O)NC[C@@H]3CCCO3)c(=O)n(Cc3cccc(C)c3)c2=O)cc1. The van der Waals surface area contributed by atoms with E-state index in [9.17, 15) is 14.4 Å². The van der Waals surface area contributed by atoms with Crippen molar-refractivity contribution in [1.82, 2.24) is 19.7 Å². The fourth-order valence-corrected chi connectivity index (χ4v) is 3.74. The van der Waals surface area contributed by atoms with Gasteiger partial charge in [-0.15, -0.1) is 0 Å². The Balaban J connectivity index is 1.76. The number of ether oxygens (including phenoxy) is 1. The second-order valence-electron chi connectivity index (χ2n) is 8.10. The molecule has 1 aliphatic heterocycles. The monoisotopic (exact) mass is 434 g/mol. The van der Waals surface area contributed by atoms with Crippen LogP contribution in [0.3, 0.4) is 0 Å². The van der Waals surface area contributed by atoms with E-state index < -0.39 is 17.2 Å². The maximum absolute atomic E-state index is 13.2. The number of nitrogens with one attached hydrogen (secondary N) is 1. The predicted octanol–water partition coefficient (Wildman–Crippen LogP) is 1.97. The van der Waals surface area contributed by atoms with Crippen molar-refractivity contribution >= 4 is 5.91 Å². The zero-order chi connectivity index (χ0) is 22.7. The highest BCUT2D eigenvalue weighted by Crippen LogP contribution is 2.11. The average Bonchev–Trinajstić information content (AvgIpc) is 3.30. The fraction of sp³-hybridized carbons (Fsp3) is 0.333. The molecule has 1 aromatic heterocycles. The summed E-state index contributed by atoms with van der Waals surface area (Å²) < 4.78 is 7.70. The molecular weight excluding hydrogens is 408 g/mol. The summed E-state index contributed by atoms with van der Waals surface area (Å²) in [5.41, 5.74) is 1.65. The third-order valence-electron chi connectivity index (χ3n) is 5.49. The van der Waals surface area contributed by atoms with Gasteiger partial charge in [-0.2, -0.15) is 9.78 Å². The predicted molar refractivity (Wildman–Crippen MR) is 120 cm³/mol. The Kier molecular flexibility index (Phi) is 6.32. The van der Waals surface area contributed by atoms with Crippen LogP contribution in [-0.4, -0.2) is 39.5 Å². The molecule has 4 rings (SSSR count). The molecule has 8 heteroatoms. The molecule has 1 N–H and O–H groups in total. The van der Waals surface area contributed by atoms with Gasteiger partial charge in [-0.3, -0.25) is 14.2 Å². The summed E-state index contributed by atoms with van der Waals surface area (Å²) in [6, 6.07) is 14.7. The van der Waals surface area contributed by atoms with Gasteiger partial charge in [0, 0.05) is 13.2 Å². The second kappa shape index (κ2) is 9.32. The average molecular weight is 434 g/mol. The largest absolute Gasteiger partial charge is 0.376 e. The van der Waals surface area contributed by atoms with Gasteiger partial charge in [0.1, 0.15) is 0 Å². The molecule has 1 aliphatic rings. The van der Waals surface area contributed by atoms with E-state index in [2.05, 4.69) is 10.4 Å².